The zero-order valence-corrected chi connectivity index (χ0v) is 23.4. The summed E-state index contributed by atoms with van der Waals surface area (Å²) in [5.74, 6) is 2.50. The molecule has 1 aliphatic rings. The first-order chi connectivity index (χ1) is 18.7. The average molecular weight is 524 g/mol. The minimum atomic E-state index is -0.388. The Balaban J connectivity index is 1.43. The van der Waals surface area contributed by atoms with Crippen molar-refractivity contribution in [2.24, 2.45) is 0 Å². The zero-order valence-electron chi connectivity index (χ0n) is 23.4. The van der Waals surface area contributed by atoms with Crippen LogP contribution >= 0.6 is 0 Å². The maximum absolute atomic E-state index is 13.8. The highest BCUT2D eigenvalue weighted by Crippen LogP contribution is 2.42. The molecule has 4 aromatic rings. The van der Waals surface area contributed by atoms with Gasteiger partial charge >= 0.3 is 0 Å². The van der Waals surface area contributed by atoms with Gasteiger partial charge in [0.1, 0.15) is 17.3 Å². The molecule has 0 radical (unpaired) electrons. The maximum atomic E-state index is 13.8. The van der Waals surface area contributed by atoms with Gasteiger partial charge < -0.3 is 14.8 Å². The Morgan fingerprint density at radius 3 is 2.05 bits per heavy atom. The molecule has 0 bridgehead atoms. The van der Waals surface area contributed by atoms with E-state index in [1.807, 2.05) is 35.0 Å². The summed E-state index contributed by atoms with van der Waals surface area (Å²) in [4.78, 5) is 13.8. The van der Waals surface area contributed by atoms with Gasteiger partial charge in [-0.25, -0.2) is 4.68 Å². The predicted octanol–water partition coefficient (Wildman–Crippen LogP) is 7.16. The van der Waals surface area contributed by atoms with Crippen molar-refractivity contribution in [2.75, 3.05) is 19.5 Å². The number of carbonyl (C=O) groups excluding carboxylic acids is 1. The first-order valence-electron chi connectivity index (χ1n) is 13.5. The number of methoxy groups -OCH3 is 2. The molecule has 2 heterocycles. The lowest BCUT2D eigenvalue weighted by Crippen LogP contribution is -2.38. The van der Waals surface area contributed by atoms with Crippen LogP contribution < -0.4 is 14.8 Å². The zero-order chi connectivity index (χ0) is 27.6. The summed E-state index contributed by atoms with van der Waals surface area (Å²) in [6, 6.07) is 26.8. The van der Waals surface area contributed by atoms with Gasteiger partial charge in [-0.15, -0.1) is 0 Å². The summed E-state index contributed by atoms with van der Waals surface area (Å²) in [7, 11) is 3.33. The standard InChI is InChI=1S/C33H37N3O3/c1-32(2)21-29(23-9-7-6-8-10-23)35-31-28(22-34-36(31)32)30(37)19-20-33(3,24-11-15-26(38-4)16-12-24)25-13-17-27(39-5)18-14-25/h6-18,22,29,35H,19-21H2,1-5H3. The Labute approximate surface area is 231 Å². The Morgan fingerprint density at radius 2 is 1.51 bits per heavy atom. The molecular weight excluding hydrogens is 486 g/mol. The van der Waals surface area contributed by atoms with Crippen molar-refractivity contribution in [3.63, 3.8) is 0 Å². The molecule has 1 atom stereocenters. The number of ketones is 1. The molecule has 1 aromatic heterocycles. The lowest BCUT2D eigenvalue weighted by Gasteiger charge is -2.38. The SMILES string of the molecule is COc1ccc(C(C)(CCC(=O)c2cnn3c2NC(c2ccccc2)CC3(C)C)c2ccc(OC)cc2)cc1. The molecular formula is C33H37N3O3. The Kier molecular flexibility index (Phi) is 7.21. The number of anilines is 1. The average Bonchev–Trinajstić information content (AvgIpc) is 3.41. The van der Waals surface area contributed by atoms with Gasteiger partial charge in [0.05, 0.1) is 37.6 Å². The highest BCUT2D eigenvalue weighted by Gasteiger charge is 2.37. The first kappa shape index (κ1) is 26.5. The highest BCUT2D eigenvalue weighted by atomic mass is 16.5. The van der Waals surface area contributed by atoms with Crippen LogP contribution in [0.15, 0.2) is 85.1 Å². The van der Waals surface area contributed by atoms with E-state index in [4.69, 9.17) is 9.47 Å². The number of benzene rings is 3. The van der Waals surface area contributed by atoms with E-state index < -0.39 is 0 Å². The number of nitrogens with one attached hydrogen (secondary N) is 1. The summed E-state index contributed by atoms with van der Waals surface area (Å²) in [6.07, 6.45) is 3.64. The second-order valence-electron chi connectivity index (χ2n) is 11.2. The quantitative estimate of drug-likeness (QED) is 0.236. The van der Waals surface area contributed by atoms with Gasteiger partial charge in [0.2, 0.25) is 0 Å². The molecule has 0 fully saturated rings. The molecule has 1 aliphatic heterocycles. The molecule has 1 N–H and O–H groups in total. The number of Topliss-reactive ketones (excluding diaryl/α,β-unsaturated/α-hetero) is 1. The molecule has 6 heteroatoms. The van der Waals surface area contributed by atoms with Crippen LogP contribution in [-0.4, -0.2) is 29.8 Å². The number of hydrogen-bond donors (Lipinski definition) is 1. The van der Waals surface area contributed by atoms with Crippen LogP contribution in [-0.2, 0) is 11.0 Å². The van der Waals surface area contributed by atoms with E-state index in [-0.39, 0.29) is 22.8 Å². The van der Waals surface area contributed by atoms with Crippen LogP contribution in [0.4, 0.5) is 5.82 Å². The first-order valence-corrected chi connectivity index (χ1v) is 13.5. The Hall–Kier alpha value is -4.06. The number of fused-ring (bicyclic) bond motifs is 1. The molecule has 0 spiro atoms. The third kappa shape index (κ3) is 5.16. The van der Waals surface area contributed by atoms with Crippen LogP contribution in [0.25, 0.3) is 0 Å². The lowest BCUT2D eigenvalue weighted by atomic mass is 9.72. The van der Waals surface area contributed by atoms with Crippen LogP contribution in [0, 0.1) is 0 Å². The molecule has 3 aromatic carbocycles. The smallest absolute Gasteiger partial charge is 0.168 e. The highest BCUT2D eigenvalue weighted by molar-refractivity contribution is 6.00. The predicted molar refractivity (Wildman–Crippen MR) is 155 cm³/mol. The van der Waals surface area contributed by atoms with Crippen molar-refractivity contribution in [3.8, 4) is 11.5 Å². The number of ether oxygens (including phenoxy) is 2. The Morgan fingerprint density at radius 1 is 0.949 bits per heavy atom. The molecule has 1 unspecified atom stereocenters. The van der Waals surface area contributed by atoms with Crippen LogP contribution in [0.3, 0.4) is 0 Å². The van der Waals surface area contributed by atoms with Crippen molar-refractivity contribution in [3.05, 3.63) is 107 Å². The topological polar surface area (TPSA) is 65.4 Å². The molecule has 6 nitrogen and oxygen atoms in total. The van der Waals surface area contributed by atoms with E-state index in [1.165, 1.54) is 5.56 Å². The molecule has 0 saturated heterocycles. The van der Waals surface area contributed by atoms with Crippen molar-refractivity contribution >= 4 is 11.6 Å². The number of carbonyl (C=O) groups is 1. The number of hydrogen-bond acceptors (Lipinski definition) is 5. The molecule has 202 valence electrons. The molecule has 0 saturated carbocycles. The van der Waals surface area contributed by atoms with Crippen molar-refractivity contribution < 1.29 is 14.3 Å². The van der Waals surface area contributed by atoms with Gasteiger partial charge in [-0.2, -0.15) is 5.10 Å². The summed E-state index contributed by atoms with van der Waals surface area (Å²) in [5, 5.41) is 8.30. The third-order valence-electron chi connectivity index (χ3n) is 8.17. The fraction of sp³-hybridized carbons (Fsp3) is 0.333. The van der Waals surface area contributed by atoms with E-state index in [1.54, 1.807) is 20.4 Å². The van der Waals surface area contributed by atoms with E-state index >= 15 is 0 Å². The van der Waals surface area contributed by atoms with Gasteiger partial charge in [0, 0.05) is 11.8 Å². The number of aromatic nitrogens is 2. The van der Waals surface area contributed by atoms with Crippen molar-refractivity contribution in [1.29, 1.82) is 0 Å². The fourth-order valence-electron chi connectivity index (χ4n) is 5.71. The van der Waals surface area contributed by atoms with E-state index in [0.717, 1.165) is 34.9 Å². The third-order valence-corrected chi connectivity index (χ3v) is 8.17. The van der Waals surface area contributed by atoms with Crippen molar-refractivity contribution in [2.45, 2.75) is 57.0 Å². The lowest BCUT2D eigenvalue weighted by molar-refractivity contribution is 0.0974. The normalized spacial score (nSPS) is 16.2. The summed E-state index contributed by atoms with van der Waals surface area (Å²) >= 11 is 0. The maximum Gasteiger partial charge on any atom is 0.168 e. The van der Waals surface area contributed by atoms with Crippen LogP contribution in [0.2, 0.25) is 0 Å². The largest absolute Gasteiger partial charge is 0.497 e. The van der Waals surface area contributed by atoms with E-state index in [0.29, 0.717) is 18.4 Å². The van der Waals surface area contributed by atoms with Crippen LogP contribution in [0.5, 0.6) is 11.5 Å². The molecule has 5 rings (SSSR count). The van der Waals surface area contributed by atoms with E-state index in [9.17, 15) is 4.79 Å². The Bertz CT molecular complexity index is 1380. The second kappa shape index (κ2) is 10.6. The van der Waals surface area contributed by atoms with Gasteiger partial charge in [-0.1, -0.05) is 61.5 Å². The fourth-order valence-corrected chi connectivity index (χ4v) is 5.71. The molecule has 0 amide bonds. The van der Waals surface area contributed by atoms with Gasteiger partial charge in [0.25, 0.3) is 0 Å². The summed E-state index contributed by atoms with van der Waals surface area (Å²) in [6.45, 7) is 6.56. The second-order valence-corrected chi connectivity index (χ2v) is 11.2. The van der Waals surface area contributed by atoms with E-state index in [2.05, 4.69) is 79.7 Å². The summed E-state index contributed by atoms with van der Waals surface area (Å²) < 4.78 is 12.8. The molecule has 39 heavy (non-hydrogen) atoms. The van der Waals surface area contributed by atoms with Gasteiger partial charge in [-0.05, 0) is 67.6 Å². The minimum absolute atomic E-state index is 0.0847. The monoisotopic (exact) mass is 523 g/mol. The van der Waals surface area contributed by atoms with Gasteiger partial charge in [0.15, 0.2) is 5.78 Å². The van der Waals surface area contributed by atoms with Crippen LogP contribution in [0.1, 0.15) is 73.1 Å². The molecule has 0 aliphatic carbocycles. The van der Waals surface area contributed by atoms with Crippen molar-refractivity contribution in [1.82, 2.24) is 9.78 Å². The summed E-state index contributed by atoms with van der Waals surface area (Å²) in [5.41, 5.74) is 3.50. The number of rotatable bonds is 9. The van der Waals surface area contributed by atoms with Gasteiger partial charge in [-0.3, -0.25) is 4.79 Å². The minimum Gasteiger partial charge on any atom is -0.497 e. The number of nitrogens with zero attached hydrogens (tertiary/aromatic N) is 2.